The summed E-state index contributed by atoms with van der Waals surface area (Å²) >= 11 is 0. The van der Waals surface area contributed by atoms with Crippen LogP contribution in [0.4, 0.5) is 4.79 Å². The number of hydrogen-bond donors (Lipinski definition) is 2. The molecule has 2 amide bonds. The van der Waals surface area contributed by atoms with Crippen molar-refractivity contribution in [2.75, 3.05) is 0 Å². The zero-order valence-electron chi connectivity index (χ0n) is 8.49. The highest BCUT2D eigenvalue weighted by molar-refractivity contribution is 5.86. The zero-order chi connectivity index (χ0) is 10.1. The number of primary amides is 1. The lowest BCUT2D eigenvalue weighted by Crippen LogP contribution is -2.38. The number of fused-ring (bicyclic) bond motifs is 1. The number of nitrogens with one attached hydrogen (secondary N) is 1. The van der Waals surface area contributed by atoms with Crippen LogP contribution in [0.2, 0.25) is 0 Å². The number of hydrazone groups is 1. The van der Waals surface area contributed by atoms with Crippen LogP contribution in [0.25, 0.3) is 0 Å². The van der Waals surface area contributed by atoms with Gasteiger partial charge in [0.1, 0.15) is 0 Å². The Morgan fingerprint density at radius 3 is 2.93 bits per heavy atom. The maximum Gasteiger partial charge on any atom is 0.332 e. The van der Waals surface area contributed by atoms with Crippen LogP contribution in [-0.2, 0) is 0 Å². The molecule has 78 valence electrons. The summed E-state index contributed by atoms with van der Waals surface area (Å²) in [6.07, 6.45) is 5.33. The highest BCUT2D eigenvalue weighted by Gasteiger charge is 2.44. The number of carbonyl (C=O) groups excluding carboxylic acids is 1. The van der Waals surface area contributed by atoms with Crippen LogP contribution in [0.1, 0.15) is 32.6 Å². The largest absolute Gasteiger partial charge is 0.350 e. The van der Waals surface area contributed by atoms with Crippen LogP contribution < -0.4 is 11.2 Å². The molecule has 0 aromatic heterocycles. The first kappa shape index (κ1) is 9.49. The number of nitrogens with two attached hydrogens (primary N) is 1. The smallest absolute Gasteiger partial charge is 0.332 e. The number of amides is 2. The van der Waals surface area contributed by atoms with Gasteiger partial charge < -0.3 is 5.73 Å². The third-order valence-electron chi connectivity index (χ3n) is 3.67. The summed E-state index contributed by atoms with van der Waals surface area (Å²) in [6.45, 7) is 1.98. The lowest BCUT2D eigenvalue weighted by molar-refractivity contribution is 0.160. The fourth-order valence-electron chi connectivity index (χ4n) is 2.90. The highest BCUT2D eigenvalue weighted by Crippen LogP contribution is 2.51. The summed E-state index contributed by atoms with van der Waals surface area (Å²) in [7, 11) is 0. The summed E-state index contributed by atoms with van der Waals surface area (Å²) in [5, 5.41) is 4.00. The van der Waals surface area contributed by atoms with Crippen LogP contribution in [-0.4, -0.2) is 11.7 Å². The molecule has 14 heavy (non-hydrogen) atoms. The second kappa shape index (κ2) is 3.59. The first-order valence-corrected chi connectivity index (χ1v) is 5.28. The maximum absolute atomic E-state index is 10.5. The van der Waals surface area contributed by atoms with Crippen LogP contribution in [0.5, 0.6) is 0 Å². The van der Waals surface area contributed by atoms with Crippen LogP contribution in [0, 0.1) is 17.8 Å². The van der Waals surface area contributed by atoms with E-state index < -0.39 is 6.03 Å². The van der Waals surface area contributed by atoms with Crippen molar-refractivity contribution in [1.82, 2.24) is 5.43 Å². The van der Waals surface area contributed by atoms with Gasteiger partial charge in [0.15, 0.2) is 0 Å². The summed E-state index contributed by atoms with van der Waals surface area (Å²) < 4.78 is 0. The first-order chi connectivity index (χ1) is 6.68. The average molecular weight is 195 g/mol. The molecule has 4 nitrogen and oxygen atoms in total. The molecular weight excluding hydrogens is 178 g/mol. The molecule has 0 radical (unpaired) electrons. The molecular formula is C10H17N3O. The Kier molecular flexibility index (Phi) is 2.44. The van der Waals surface area contributed by atoms with Crippen molar-refractivity contribution in [3.63, 3.8) is 0 Å². The third kappa shape index (κ3) is 1.61. The van der Waals surface area contributed by atoms with E-state index in [-0.39, 0.29) is 0 Å². The molecule has 0 bridgehead atoms. The van der Waals surface area contributed by atoms with Gasteiger partial charge in [-0.1, -0.05) is 12.8 Å². The minimum Gasteiger partial charge on any atom is -0.350 e. The standard InChI is InChI=1S/C10H17N3O/c1-6(12-13-10(11)14)9-5-7-3-2-4-8(7)9/h7-9H,2-5H2,1H3,(H3,11,13,14)/b12-6+. The third-order valence-corrected chi connectivity index (χ3v) is 3.67. The molecule has 2 fully saturated rings. The van der Waals surface area contributed by atoms with Crippen molar-refractivity contribution < 1.29 is 4.79 Å². The Bertz CT molecular complexity index is 275. The maximum atomic E-state index is 10.5. The van der Waals surface area contributed by atoms with Gasteiger partial charge in [0.25, 0.3) is 0 Å². The predicted octanol–water partition coefficient (Wildman–Crippen LogP) is 1.47. The molecule has 0 heterocycles. The number of urea groups is 1. The van der Waals surface area contributed by atoms with E-state index in [0.29, 0.717) is 5.92 Å². The Hall–Kier alpha value is -1.06. The van der Waals surface area contributed by atoms with Crippen LogP contribution in [0.15, 0.2) is 5.10 Å². The van der Waals surface area contributed by atoms with Crippen molar-refractivity contribution in [1.29, 1.82) is 0 Å². The predicted molar refractivity (Wildman–Crippen MR) is 54.8 cm³/mol. The van der Waals surface area contributed by atoms with E-state index in [1.54, 1.807) is 0 Å². The molecule has 3 atom stereocenters. The Labute approximate surface area is 83.9 Å². The molecule has 3 N–H and O–H groups in total. The van der Waals surface area contributed by atoms with E-state index in [2.05, 4.69) is 10.5 Å². The first-order valence-electron chi connectivity index (χ1n) is 5.28. The van der Waals surface area contributed by atoms with Gasteiger partial charge in [0, 0.05) is 11.6 Å². The quantitative estimate of drug-likeness (QED) is 0.508. The van der Waals surface area contributed by atoms with E-state index in [0.717, 1.165) is 17.5 Å². The van der Waals surface area contributed by atoms with Crippen molar-refractivity contribution in [2.24, 2.45) is 28.6 Å². The molecule has 0 saturated heterocycles. The second-order valence-electron chi connectivity index (χ2n) is 4.43. The molecule has 2 rings (SSSR count). The Morgan fingerprint density at radius 2 is 2.29 bits per heavy atom. The van der Waals surface area contributed by atoms with Crippen molar-refractivity contribution in [2.45, 2.75) is 32.6 Å². The van der Waals surface area contributed by atoms with Gasteiger partial charge in [-0.15, -0.1) is 0 Å². The van der Waals surface area contributed by atoms with Gasteiger partial charge in [-0.2, -0.15) is 5.10 Å². The lowest BCUT2D eigenvalue weighted by atomic mass is 9.65. The molecule has 0 spiro atoms. The fourth-order valence-corrected chi connectivity index (χ4v) is 2.90. The molecule has 2 aliphatic carbocycles. The van der Waals surface area contributed by atoms with Gasteiger partial charge in [-0.25, -0.2) is 10.2 Å². The summed E-state index contributed by atoms with van der Waals surface area (Å²) in [6, 6.07) is -0.577. The minimum absolute atomic E-state index is 0.577. The molecule has 4 heteroatoms. The van der Waals surface area contributed by atoms with Crippen molar-refractivity contribution in [3.05, 3.63) is 0 Å². The zero-order valence-corrected chi connectivity index (χ0v) is 8.49. The molecule has 0 aromatic rings. The van der Waals surface area contributed by atoms with Gasteiger partial charge in [0.2, 0.25) is 0 Å². The van der Waals surface area contributed by atoms with Gasteiger partial charge >= 0.3 is 6.03 Å². The average Bonchev–Trinajstić information content (AvgIpc) is 2.44. The van der Waals surface area contributed by atoms with Crippen molar-refractivity contribution in [3.8, 4) is 0 Å². The monoisotopic (exact) mass is 195 g/mol. The topological polar surface area (TPSA) is 67.5 Å². The molecule has 3 unspecified atom stereocenters. The molecule has 0 aromatic carbocycles. The van der Waals surface area contributed by atoms with E-state index in [4.69, 9.17) is 5.73 Å². The Morgan fingerprint density at radius 1 is 1.50 bits per heavy atom. The minimum atomic E-state index is -0.577. The second-order valence-corrected chi connectivity index (χ2v) is 4.43. The fraction of sp³-hybridized carbons (Fsp3) is 0.800. The number of carbonyl (C=O) groups is 1. The lowest BCUT2D eigenvalue weighted by Gasteiger charge is -2.40. The van der Waals surface area contributed by atoms with Crippen LogP contribution in [0.3, 0.4) is 0 Å². The summed E-state index contributed by atoms with van der Waals surface area (Å²) in [5.74, 6) is 2.35. The number of rotatable bonds is 2. The number of hydrogen-bond acceptors (Lipinski definition) is 2. The van der Waals surface area contributed by atoms with E-state index >= 15 is 0 Å². The van der Waals surface area contributed by atoms with Gasteiger partial charge in [0.05, 0.1) is 0 Å². The van der Waals surface area contributed by atoms with E-state index in [1.807, 2.05) is 6.92 Å². The van der Waals surface area contributed by atoms with Crippen molar-refractivity contribution >= 4 is 11.7 Å². The molecule has 2 saturated carbocycles. The number of nitrogens with zero attached hydrogens (tertiary/aromatic N) is 1. The molecule has 2 aliphatic rings. The summed E-state index contributed by atoms with van der Waals surface area (Å²) in [4.78, 5) is 10.5. The highest BCUT2D eigenvalue weighted by atomic mass is 16.2. The van der Waals surface area contributed by atoms with E-state index in [1.165, 1.54) is 25.7 Å². The summed E-state index contributed by atoms with van der Waals surface area (Å²) in [5.41, 5.74) is 8.29. The van der Waals surface area contributed by atoms with E-state index in [9.17, 15) is 4.79 Å². The SMILES string of the molecule is C/C(=N\NC(N)=O)C1CC2CCCC21. The normalized spacial score (nSPS) is 36.1. The Balaban J connectivity index is 1.90. The van der Waals surface area contributed by atoms with Gasteiger partial charge in [-0.05, 0) is 31.6 Å². The van der Waals surface area contributed by atoms with Crippen LogP contribution >= 0.6 is 0 Å². The molecule has 0 aliphatic heterocycles. The van der Waals surface area contributed by atoms with Gasteiger partial charge in [-0.3, -0.25) is 0 Å².